The van der Waals surface area contributed by atoms with Crippen molar-refractivity contribution >= 4 is 28.9 Å². The minimum atomic E-state index is 0.219. The van der Waals surface area contributed by atoms with Gasteiger partial charge in [0.25, 0.3) is 0 Å². The highest BCUT2D eigenvalue weighted by Crippen LogP contribution is 2.26. The van der Waals surface area contributed by atoms with Crippen molar-refractivity contribution < 1.29 is 9.53 Å². The van der Waals surface area contributed by atoms with Crippen LogP contribution >= 0.6 is 23.1 Å². The van der Waals surface area contributed by atoms with E-state index >= 15 is 0 Å². The standard InChI is InChI=1S/C12H18N2O2S2/c1-9-11(18-12(13-9)17-2)10(15)3-4-14-5-7-16-8-6-14/h3-8H2,1-2H3. The van der Waals surface area contributed by atoms with Crippen molar-refractivity contribution in [3.8, 4) is 0 Å². The summed E-state index contributed by atoms with van der Waals surface area (Å²) in [6.07, 6.45) is 2.57. The molecular formula is C12H18N2O2S2. The average Bonchev–Trinajstić information content (AvgIpc) is 2.78. The Labute approximate surface area is 116 Å². The Hall–Kier alpha value is -0.430. The van der Waals surface area contributed by atoms with Gasteiger partial charge in [-0.25, -0.2) is 4.98 Å². The molecule has 18 heavy (non-hydrogen) atoms. The highest BCUT2D eigenvalue weighted by Gasteiger charge is 2.17. The summed E-state index contributed by atoms with van der Waals surface area (Å²) in [4.78, 5) is 19.6. The Morgan fingerprint density at radius 2 is 2.22 bits per heavy atom. The van der Waals surface area contributed by atoms with Crippen LogP contribution in [0, 0.1) is 6.92 Å². The highest BCUT2D eigenvalue weighted by atomic mass is 32.2. The van der Waals surface area contributed by atoms with Gasteiger partial charge in [-0.15, -0.1) is 11.3 Å². The second-order valence-electron chi connectivity index (χ2n) is 4.23. The van der Waals surface area contributed by atoms with E-state index in [2.05, 4.69) is 9.88 Å². The van der Waals surface area contributed by atoms with E-state index in [1.54, 1.807) is 11.8 Å². The van der Waals surface area contributed by atoms with E-state index < -0.39 is 0 Å². The fraction of sp³-hybridized carbons (Fsp3) is 0.667. The summed E-state index contributed by atoms with van der Waals surface area (Å²) in [7, 11) is 0. The van der Waals surface area contributed by atoms with Crippen LogP contribution in [0.1, 0.15) is 21.8 Å². The molecule has 2 heterocycles. The number of hydrogen-bond donors (Lipinski definition) is 0. The summed E-state index contributed by atoms with van der Waals surface area (Å²) < 4.78 is 6.27. The van der Waals surface area contributed by atoms with Gasteiger partial charge in [-0.05, 0) is 13.2 Å². The summed E-state index contributed by atoms with van der Waals surface area (Å²) in [5.74, 6) is 0.219. The number of thioether (sulfide) groups is 1. The number of nitrogens with zero attached hydrogens (tertiary/aromatic N) is 2. The van der Waals surface area contributed by atoms with Crippen molar-refractivity contribution in [3.63, 3.8) is 0 Å². The van der Waals surface area contributed by atoms with Gasteiger partial charge in [-0.3, -0.25) is 9.69 Å². The van der Waals surface area contributed by atoms with Crippen molar-refractivity contribution in [1.29, 1.82) is 0 Å². The number of ketones is 1. The van der Waals surface area contributed by atoms with Crippen LogP contribution in [0.2, 0.25) is 0 Å². The molecule has 0 aliphatic carbocycles. The molecule has 0 atom stereocenters. The summed E-state index contributed by atoms with van der Waals surface area (Å²) in [5, 5.41) is 0. The summed E-state index contributed by atoms with van der Waals surface area (Å²) >= 11 is 3.11. The van der Waals surface area contributed by atoms with E-state index in [1.165, 1.54) is 11.3 Å². The van der Waals surface area contributed by atoms with Gasteiger partial charge >= 0.3 is 0 Å². The number of ether oxygens (including phenoxy) is 1. The van der Waals surface area contributed by atoms with Crippen LogP contribution in [-0.4, -0.2) is 54.8 Å². The van der Waals surface area contributed by atoms with Crippen LogP contribution in [0.4, 0.5) is 0 Å². The zero-order valence-electron chi connectivity index (χ0n) is 10.8. The molecule has 2 rings (SSSR count). The molecule has 0 spiro atoms. The molecule has 0 radical (unpaired) electrons. The largest absolute Gasteiger partial charge is 0.379 e. The van der Waals surface area contributed by atoms with Crippen LogP contribution < -0.4 is 0 Å². The lowest BCUT2D eigenvalue weighted by atomic mass is 10.2. The first kappa shape index (κ1) is 14.0. The molecule has 4 nitrogen and oxygen atoms in total. The fourth-order valence-corrected chi connectivity index (χ4v) is 3.49. The first-order valence-corrected chi connectivity index (χ1v) is 8.09. The van der Waals surface area contributed by atoms with Crippen LogP contribution in [0.15, 0.2) is 4.34 Å². The van der Waals surface area contributed by atoms with Crippen molar-refractivity contribution in [3.05, 3.63) is 10.6 Å². The van der Waals surface area contributed by atoms with E-state index in [0.29, 0.717) is 6.42 Å². The normalized spacial score (nSPS) is 17.0. The van der Waals surface area contributed by atoms with Crippen molar-refractivity contribution in [2.45, 2.75) is 17.7 Å². The topological polar surface area (TPSA) is 42.4 Å². The molecule has 0 N–H and O–H groups in total. The summed E-state index contributed by atoms with van der Waals surface area (Å²) in [6, 6.07) is 0. The van der Waals surface area contributed by atoms with E-state index in [0.717, 1.165) is 47.8 Å². The van der Waals surface area contributed by atoms with Gasteiger partial charge < -0.3 is 4.74 Å². The lowest BCUT2D eigenvalue weighted by Gasteiger charge is -2.26. The zero-order chi connectivity index (χ0) is 13.0. The molecular weight excluding hydrogens is 268 g/mol. The molecule has 0 aromatic carbocycles. The fourth-order valence-electron chi connectivity index (χ4n) is 1.92. The number of carbonyl (C=O) groups is 1. The van der Waals surface area contributed by atoms with Gasteiger partial charge in [0.1, 0.15) is 0 Å². The molecule has 1 aromatic heterocycles. The number of hydrogen-bond acceptors (Lipinski definition) is 6. The third-order valence-electron chi connectivity index (χ3n) is 2.96. The van der Waals surface area contributed by atoms with Gasteiger partial charge in [0.2, 0.25) is 0 Å². The molecule has 1 saturated heterocycles. The summed E-state index contributed by atoms with van der Waals surface area (Å²) in [6.45, 7) is 6.18. The van der Waals surface area contributed by atoms with Gasteiger partial charge in [-0.2, -0.15) is 0 Å². The third kappa shape index (κ3) is 3.54. The van der Waals surface area contributed by atoms with E-state index in [4.69, 9.17) is 4.74 Å². The Balaban J connectivity index is 1.88. The minimum absolute atomic E-state index is 0.219. The van der Waals surface area contributed by atoms with Crippen LogP contribution in [0.5, 0.6) is 0 Å². The van der Waals surface area contributed by atoms with Crippen molar-refractivity contribution in [2.24, 2.45) is 0 Å². The number of aryl methyl sites for hydroxylation is 1. The molecule has 100 valence electrons. The van der Waals surface area contributed by atoms with E-state index in [1.807, 2.05) is 13.2 Å². The zero-order valence-corrected chi connectivity index (χ0v) is 12.4. The number of aromatic nitrogens is 1. The Morgan fingerprint density at radius 3 is 2.83 bits per heavy atom. The first-order chi connectivity index (χ1) is 8.70. The predicted molar refractivity (Wildman–Crippen MR) is 74.8 cm³/mol. The first-order valence-electron chi connectivity index (χ1n) is 6.05. The molecule has 6 heteroatoms. The van der Waals surface area contributed by atoms with Gasteiger partial charge in [-0.1, -0.05) is 11.8 Å². The average molecular weight is 286 g/mol. The van der Waals surface area contributed by atoms with Crippen LogP contribution in [0.25, 0.3) is 0 Å². The molecule has 1 aliphatic heterocycles. The van der Waals surface area contributed by atoms with Crippen molar-refractivity contribution in [1.82, 2.24) is 9.88 Å². The van der Waals surface area contributed by atoms with Crippen LogP contribution in [0.3, 0.4) is 0 Å². The lowest BCUT2D eigenvalue weighted by molar-refractivity contribution is 0.0370. The number of thiazole rings is 1. The molecule has 0 saturated carbocycles. The molecule has 1 aliphatic rings. The number of carbonyl (C=O) groups excluding carboxylic acids is 1. The van der Waals surface area contributed by atoms with Gasteiger partial charge in [0.15, 0.2) is 10.1 Å². The van der Waals surface area contributed by atoms with Crippen LogP contribution in [-0.2, 0) is 4.74 Å². The number of Topliss-reactive ketones (excluding diaryl/α,β-unsaturated/α-hetero) is 1. The smallest absolute Gasteiger partial charge is 0.176 e. The Morgan fingerprint density at radius 1 is 1.50 bits per heavy atom. The molecule has 0 amide bonds. The second-order valence-corrected chi connectivity index (χ2v) is 6.28. The van der Waals surface area contributed by atoms with E-state index in [9.17, 15) is 4.79 Å². The molecule has 0 bridgehead atoms. The monoisotopic (exact) mass is 286 g/mol. The molecule has 0 unspecified atom stereocenters. The number of rotatable bonds is 5. The molecule has 1 aromatic rings. The highest BCUT2D eigenvalue weighted by molar-refractivity contribution is 8.00. The maximum absolute atomic E-state index is 12.1. The SMILES string of the molecule is CSc1nc(C)c(C(=O)CCN2CCOCC2)s1. The lowest BCUT2D eigenvalue weighted by Crippen LogP contribution is -2.37. The Bertz CT molecular complexity index is 414. The van der Waals surface area contributed by atoms with E-state index in [-0.39, 0.29) is 5.78 Å². The van der Waals surface area contributed by atoms with Gasteiger partial charge in [0.05, 0.1) is 23.8 Å². The van der Waals surface area contributed by atoms with Crippen molar-refractivity contribution in [2.75, 3.05) is 39.1 Å². The summed E-state index contributed by atoms with van der Waals surface area (Å²) in [5.41, 5.74) is 0.872. The number of morpholine rings is 1. The minimum Gasteiger partial charge on any atom is -0.379 e. The maximum atomic E-state index is 12.1. The predicted octanol–water partition coefficient (Wildman–Crippen LogP) is 2.08. The molecule has 1 fully saturated rings. The third-order valence-corrected chi connectivity index (χ3v) is 5.15. The van der Waals surface area contributed by atoms with Gasteiger partial charge in [0, 0.05) is 26.1 Å². The Kier molecular flexibility index (Phi) is 5.17. The second kappa shape index (κ2) is 6.65. The maximum Gasteiger partial charge on any atom is 0.176 e. The quantitative estimate of drug-likeness (QED) is 0.612.